The number of carbonyl (C=O) groups excluding carboxylic acids is 1. The minimum Gasteiger partial charge on any atom is -0.378 e. The summed E-state index contributed by atoms with van der Waals surface area (Å²) in [6, 6.07) is 19.1. The summed E-state index contributed by atoms with van der Waals surface area (Å²) in [6.07, 6.45) is -0.175. The maximum atomic E-state index is 12.0. The average molecular weight is 283 g/mol. The van der Waals surface area contributed by atoms with E-state index >= 15 is 0 Å². The van der Waals surface area contributed by atoms with E-state index in [2.05, 4.69) is 24.4 Å². The van der Waals surface area contributed by atoms with Gasteiger partial charge in [-0.05, 0) is 17.5 Å². The van der Waals surface area contributed by atoms with Crippen molar-refractivity contribution in [3.63, 3.8) is 0 Å². The molecule has 2 rings (SSSR count). The first-order chi connectivity index (χ1) is 10.2. The van der Waals surface area contributed by atoms with Crippen molar-refractivity contribution in [1.82, 2.24) is 5.32 Å². The summed E-state index contributed by atoms with van der Waals surface area (Å²) < 4.78 is 0. The van der Waals surface area contributed by atoms with E-state index in [0.29, 0.717) is 12.1 Å². The number of hydrogen-bond donors (Lipinski definition) is 2. The molecule has 0 aliphatic rings. The van der Waals surface area contributed by atoms with Gasteiger partial charge in [-0.2, -0.15) is 0 Å². The molecule has 0 bridgehead atoms. The van der Waals surface area contributed by atoms with Crippen LogP contribution in [-0.4, -0.2) is 17.6 Å². The Balaban J connectivity index is 1.94. The van der Waals surface area contributed by atoms with Crippen LogP contribution in [0.15, 0.2) is 60.7 Å². The first kappa shape index (κ1) is 15.3. The van der Waals surface area contributed by atoms with Crippen LogP contribution in [0.25, 0.3) is 0 Å². The smallest absolute Gasteiger partial charge is 0.253 e. The van der Waals surface area contributed by atoms with E-state index in [4.69, 9.17) is 0 Å². The SMILES string of the molecule is CCC(CNC(=O)C(O)c1ccccc1)c1ccccc1. The van der Waals surface area contributed by atoms with Crippen molar-refractivity contribution in [1.29, 1.82) is 0 Å². The summed E-state index contributed by atoms with van der Waals surface area (Å²) in [5.74, 6) is -0.0892. The molecule has 0 spiro atoms. The van der Waals surface area contributed by atoms with Crippen molar-refractivity contribution in [2.75, 3.05) is 6.54 Å². The van der Waals surface area contributed by atoms with E-state index in [9.17, 15) is 9.90 Å². The standard InChI is InChI=1S/C18H21NO2/c1-2-14(15-9-5-3-6-10-15)13-19-18(21)17(20)16-11-7-4-8-12-16/h3-12,14,17,20H,2,13H2,1H3,(H,19,21). The molecular formula is C18H21NO2. The molecule has 1 amide bonds. The van der Waals surface area contributed by atoms with Gasteiger partial charge in [0.25, 0.3) is 5.91 Å². The fourth-order valence-corrected chi connectivity index (χ4v) is 2.33. The number of benzene rings is 2. The van der Waals surface area contributed by atoms with Gasteiger partial charge in [0.2, 0.25) is 0 Å². The number of amides is 1. The Hall–Kier alpha value is -2.13. The van der Waals surface area contributed by atoms with E-state index in [0.717, 1.165) is 6.42 Å². The Kier molecular flexibility index (Phi) is 5.52. The van der Waals surface area contributed by atoms with Crippen LogP contribution in [0.4, 0.5) is 0 Å². The van der Waals surface area contributed by atoms with Gasteiger partial charge < -0.3 is 10.4 Å². The predicted octanol–water partition coefficient (Wildman–Crippen LogP) is 3.03. The van der Waals surface area contributed by atoms with Gasteiger partial charge >= 0.3 is 0 Å². The average Bonchev–Trinajstić information content (AvgIpc) is 2.56. The molecule has 21 heavy (non-hydrogen) atoms. The van der Waals surface area contributed by atoms with Crippen molar-refractivity contribution >= 4 is 5.91 Å². The van der Waals surface area contributed by atoms with Gasteiger partial charge in [-0.25, -0.2) is 0 Å². The predicted molar refractivity (Wildman–Crippen MR) is 83.9 cm³/mol. The fourth-order valence-electron chi connectivity index (χ4n) is 2.33. The maximum Gasteiger partial charge on any atom is 0.253 e. The minimum absolute atomic E-state index is 0.262. The van der Waals surface area contributed by atoms with Gasteiger partial charge in [0.1, 0.15) is 0 Å². The molecule has 2 atom stereocenters. The Morgan fingerprint density at radius 2 is 1.52 bits per heavy atom. The number of carbonyl (C=O) groups is 1. The van der Waals surface area contributed by atoms with Crippen molar-refractivity contribution < 1.29 is 9.90 Å². The fraction of sp³-hybridized carbons (Fsp3) is 0.278. The van der Waals surface area contributed by atoms with Crippen LogP contribution < -0.4 is 5.32 Å². The molecule has 2 N–H and O–H groups in total. The molecule has 110 valence electrons. The second-order valence-electron chi connectivity index (χ2n) is 5.07. The van der Waals surface area contributed by atoms with Crippen LogP contribution in [0.2, 0.25) is 0 Å². The van der Waals surface area contributed by atoms with Crippen LogP contribution in [-0.2, 0) is 4.79 Å². The number of rotatable bonds is 6. The number of hydrogen-bond acceptors (Lipinski definition) is 2. The van der Waals surface area contributed by atoms with E-state index in [1.807, 2.05) is 36.4 Å². The maximum absolute atomic E-state index is 12.0. The van der Waals surface area contributed by atoms with Crippen LogP contribution in [0.1, 0.15) is 36.5 Å². The highest BCUT2D eigenvalue weighted by molar-refractivity contribution is 5.81. The summed E-state index contributed by atoms with van der Waals surface area (Å²) >= 11 is 0. The van der Waals surface area contributed by atoms with Crippen LogP contribution >= 0.6 is 0 Å². The molecule has 0 heterocycles. The highest BCUT2D eigenvalue weighted by Gasteiger charge is 2.18. The summed E-state index contributed by atoms with van der Waals surface area (Å²) in [5, 5.41) is 12.9. The number of nitrogens with one attached hydrogen (secondary N) is 1. The van der Waals surface area contributed by atoms with Gasteiger partial charge in [-0.3, -0.25) is 4.79 Å². The zero-order valence-corrected chi connectivity index (χ0v) is 12.2. The first-order valence-electron chi connectivity index (χ1n) is 7.28. The number of aliphatic hydroxyl groups is 1. The Labute approximate surface area is 125 Å². The van der Waals surface area contributed by atoms with E-state index in [1.165, 1.54) is 5.56 Å². The molecule has 0 fully saturated rings. The Bertz CT molecular complexity index is 554. The molecule has 0 radical (unpaired) electrons. The van der Waals surface area contributed by atoms with E-state index < -0.39 is 6.10 Å². The minimum atomic E-state index is -1.11. The molecule has 3 heteroatoms. The lowest BCUT2D eigenvalue weighted by Crippen LogP contribution is -2.32. The molecular weight excluding hydrogens is 262 g/mol. The first-order valence-corrected chi connectivity index (χ1v) is 7.28. The Morgan fingerprint density at radius 3 is 2.05 bits per heavy atom. The third-order valence-corrected chi connectivity index (χ3v) is 3.65. The second kappa shape index (κ2) is 7.60. The monoisotopic (exact) mass is 283 g/mol. The highest BCUT2D eigenvalue weighted by Crippen LogP contribution is 2.19. The largest absolute Gasteiger partial charge is 0.378 e. The topological polar surface area (TPSA) is 49.3 Å². The van der Waals surface area contributed by atoms with Gasteiger partial charge in [0.15, 0.2) is 6.10 Å². The summed E-state index contributed by atoms with van der Waals surface area (Å²) in [7, 11) is 0. The zero-order valence-electron chi connectivity index (χ0n) is 12.2. The molecule has 2 unspecified atom stereocenters. The van der Waals surface area contributed by atoms with Crippen molar-refractivity contribution in [3.8, 4) is 0 Å². The molecule has 2 aromatic carbocycles. The molecule has 0 aliphatic heterocycles. The molecule has 3 nitrogen and oxygen atoms in total. The highest BCUT2D eigenvalue weighted by atomic mass is 16.3. The number of aliphatic hydroxyl groups excluding tert-OH is 1. The van der Waals surface area contributed by atoms with Gasteiger partial charge in [0, 0.05) is 12.5 Å². The molecule has 0 saturated heterocycles. The zero-order chi connectivity index (χ0) is 15.1. The third kappa shape index (κ3) is 4.17. The quantitative estimate of drug-likeness (QED) is 0.856. The van der Waals surface area contributed by atoms with E-state index in [-0.39, 0.29) is 11.8 Å². The van der Waals surface area contributed by atoms with Crippen LogP contribution in [0.3, 0.4) is 0 Å². The molecule has 0 aromatic heterocycles. The van der Waals surface area contributed by atoms with Gasteiger partial charge in [0.05, 0.1) is 0 Å². The van der Waals surface area contributed by atoms with Crippen LogP contribution in [0.5, 0.6) is 0 Å². The summed E-state index contributed by atoms with van der Waals surface area (Å²) in [5.41, 5.74) is 1.82. The van der Waals surface area contributed by atoms with Gasteiger partial charge in [-0.15, -0.1) is 0 Å². The molecule has 2 aromatic rings. The van der Waals surface area contributed by atoms with Crippen molar-refractivity contribution in [2.45, 2.75) is 25.4 Å². The normalized spacial score (nSPS) is 13.4. The van der Waals surface area contributed by atoms with Crippen LogP contribution in [0, 0.1) is 0 Å². The molecule has 0 saturated carbocycles. The lowest BCUT2D eigenvalue weighted by atomic mass is 9.96. The van der Waals surface area contributed by atoms with Gasteiger partial charge in [-0.1, -0.05) is 67.6 Å². The van der Waals surface area contributed by atoms with Crippen molar-refractivity contribution in [2.24, 2.45) is 0 Å². The summed E-state index contributed by atoms with van der Waals surface area (Å²) in [4.78, 5) is 12.0. The molecule has 0 aliphatic carbocycles. The lowest BCUT2D eigenvalue weighted by Gasteiger charge is -2.18. The van der Waals surface area contributed by atoms with E-state index in [1.54, 1.807) is 12.1 Å². The third-order valence-electron chi connectivity index (χ3n) is 3.65. The van der Waals surface area contributed by atoms with Crippen molar-refractivity contribution in [3.05, 3.63) is 71.8 Å². The second-order valence-corrected chi connectivity index (χ2v) is 5.07. The summed E-state index contributed by atoms with van der Waals surface area (Å²) in [6.45, 7) is 2.63. The lowest BCUT2D eigenvalue weighted by molar-refractivity contribution is -0.129. The Morgan fingerprint density at radius 1 is 1.00 bits per heavy atom.